The summed E-state index contributed by atoms with van der Waals surface area (Å²) in [6, 6.07) is 1.95. The second-order valence-electron chi connectivity index (χ2n) is 5.04. The van der Waals surface area contributed by atoms with Crippen molar-refractivity contribution in [3.8, 4) is 0 Å². The second kappa shape index (κ2) is 6.71. The van der Waals surface area contributed by atoms with Crippen LogP contribution in [0, 0.1) is 20.2 Å². The summed E-state index contributed by atoms with van der Waals surface area (Å²) >= 11 is 0. The minimum atomic E-state index is -0.803. The Morgan fingerprint density at radius 1 is 1.22 bits per heavy atom. The van der Waals surface area contributed by atoms with Crippen molar-refractivity contribution in [1.29, 1.82) is 0 Å². The van der Waals surface area contributed by atoms with Crippen LogP contribution in [0.4, 0.5) is 11.4 Å². The van der Waals surface area contributed by atoms with Crippen molar-refractivity contribution < 1.29 is 14.6 Å². The Bertz CT molecular complexity index is 682. The summed E-state index contributed by atoms with van der Waals surface area (Å²) in [6.45, 7) is 0. The van der Waals surface area contributed by atoms with Gasteiger partial charge in [-0.15, -0.1) is 0 Å². The molecule has 0 saturated heterocycles. The minimum absolute atomic E-state index is 0.183. The molecular weight excluding hydrogens is 308 g/mol. The third kappa shape index (κ3) is 3.71. The van der Waals surface area contributed by atoms with E-state index >= 15 is 0 Å². The summed E-state index contributed by atoms with van der Waals surface area (Å²) in [5, 5.41) is 27.9. The van der Waals surface area contributed by atoms with Crippen LogP contribution in [0.1, 0.15) is 29.6 Å². The smallest absolute Gasteiger partial charge is 0.277 e. The highest BCUT2D eigenvalue weighted by Crippen LogP contribution is 2.25. The van der Waals surface area contributed by atoms with Gasteiger partial charge in [-0.25, -0.2) is 0 Å². The monoisotopic (exact) mass is 320 g/mol. The number of non-ortho nitro benzene ring substituents is 2. The normalized spacial score (nSPS) is 19.7. The predicted molar refractivity (Wildman–Crippen MR) is 77.8 cm³/mol. The van der Waals surface area contributed by atoms with Crippen molar-refractivity contribution >= 4 is 17.3 Å². The van der Waals surface area contributed by atoms with E-state index in [9.17, 15) is 25.0 Å². The van der Waals surface area contributed by atoms with Crippen LogP contribution < -0.4 is 5.32 Å². The molecule has 1 aliphatic rings. The summed E-state index contributed by atoms with van der Waals surface area (Å²) in [5.74, 6) is -0.679. The van der Waals surface area contributed by atoms with Gasteiger partial charge >= 0.3 is 0 Å². The molecule has 0 spiro atoms. The molecule has 0 radical (unpaired) electrons. The number of hydrogen-bond acceptors (Lipinski definition) is 6. The van der Waals surface area contributed by atoms with Gasteiger partial charge in [0.2, 0.25) is 0 Å². The zero-order valence-corrected chi connectivity index (χ0v) is 11.8. The number of azide groups is 1. The third-order valence-corrected chi connectivity index (χ3v) is 3.58. The zero-order chi connectivity index (χ0) is 17.0. The molecule has 1 amide bonds. The molecule has 0 bridgehead atoms. The third-order valence-electron chi connectivity index (χ3n) is 3.58. The molecule has 0 heterocycles. The fourth-order valence-electron chi connectivity index (χ4n) is 2.50. The Labute approximate surface area is 129 Å². The number of nitrogens with zero attached hydrogens (tertiary/aromatic N) is 5. The minimum Gasteiger partial charge on any atom is -0.349 e. The van der Waals surface area contributed by atoms with Gasteiger partial charge in [0.1, 0.15) is 0 Å². The van der Waals surface area contributed by atoms with Crippen LogP contribution in [-0.2, 0) is 0 Å². The summed E-state index contributed by atoms with van der Waals surface area (Å²) in [7, 11) is 0. The van der Waals surface area contributed by atoms with Gasteiger partial charge in [-0.3, -0.25) is 25.0 Å². The van der Waals surface area contributed by atoms with Crippen LogP contribution in [0.2, 0.25) is 0 Å². The van der Waals surface area contributed by atoms with Crippen molar-refractivity contribution in [1.82, 2.24) is 5.32 Å². The number of nitrogens with one attached hydrogen (secondary N) is 1. The Morgan fingerprint density at radius 3 is 2.35 bits per heavy atom. The molecule has 11 heteroatoms. The topological polar surface area (TPSA) is 164 Å². The molecule has 1 saturated carbocycles. The Morgan fingerprint density at radius 2 is 1.83 bits per heavy atom. The number of carbonyl (C=O) groups excluding carboxylic acids is 1. The molecule has 1 N–H and O–H groups in total. The molecule has 2 rings (SSSR count). The van der Waals surface area contributed by atoms with Crippen LogP contribution in [0.5, 0.6) is 0 Å². The van der Waals surface area contributed by atoms with Crippen LogP contribution in [0.25, 0.3) is 10.4 Å². The van der Waals surface area contributed by atoms with Gasteiger partial charge in [-0.2, -0.15) is 0 Å². The van der Waals surface area contributed by atoms with Gasteiger partial charge in [0.05, 0.1) is 27.5 Å². The maximum atomic E-state index is 12.2. The van der Waals surface area contributed by atoms with Crippen LogP contribution in [0.3, 0.4) is 0 Å². The highest BCUT2D eigenvalue weighted by Gasteiger charge is 2.29. The quantitative estimate of drug-likeness (QED) is 0.289. The molecule has 0 aliphatic heterocycles. The molecule has 23 heavy (non-hydrogen) atoms. The second-order valence-corrected chi connectivity index (χ2v) is 5.04. The van der Waals surface area contributed by atoms with E-state index in [2.05, 4.69) is 15.3 Å². The highest BCUT2D eigenvalue weighted by atomic mass is 16.6. The summed E-state index contributed by atoms with van der Waals surface area (Å²) < 4.78 is 0. The predicted octanol–water partition coefficient (Wildman–Crippen LogP) is 2.46. The van der Waals surface area contributed by atoms with E-state index in [1.807, 2.05) is 0 Å². The van der Waals surface area contributed by atoms with Gasteiger partial charge in [-0.05, 0) is 18.4 Å². The van der Waals surface area contributed by atoms with Crippen molar-refractivity contribution in [2.75, 3.05) is 0 Å². The van der Waals surface area contributed by atoms with E-state index in [1.54, 1.807) is 0 Å². The molecule has 2 atom stereocenters. The van der Waals surface area contributed by atoms with Crippen LogP contribution >= 0.6 is 0 Å². The van der Waals surface area contributed by atoms with Gasteiger partial charge in [0.15, 0.2) is 0 Å². The number of benzene rings is 1. The molecule has 1 fully saturated rings. The van der Waals surface area contributed by atoms with Gasteiger partial charge in [-0.1, -0.05) is 11.5 Å². The van der Waals surface area contributed by atoms with E-state index in [-0.39, 0.29) is 5.56 Å². The molecule has 0 aromatic heterocycles. The molecule has 11 nitrogen and oxygen atoms in total. The molecule has 1 aromatic rings. The first-order valence-corrected chi connectivity index (χ1v) is 6.71. The molecular formula is C12H12N6O5. The first-order valence-electron chi connectivity index (χ1n) is 6.71. The Kier molecular flexibility index (Phi) is 4.72. The molecule has 1 aliphatic carbocycles. The van der Waals surface area contributed by atoms with Crippen LogP contribution in [-0.4, -0.2) is 27.8 Å². The van der Waals surface area contributed by atoms with Crippen molar-refractivity contribution in [3.63, 3.8) is 0 Å². The number of nitro benzene ring substituents is 2. The lowest BCUT2D eigenvalue weighted by molar-refractivity contribution is -0.394. The van der Waals surface area contributed by atoms with Crippen molar-refractivity contribution in [3.05, 3.63) is 54.4 Å². The van der Waals surface area contributed by atoms with Gasteiger partial charge < -0.3 is 5.32 Å². The SMILES string of the molecule is [N-]=[N+]=N[C@H]1CCCC1NC(=O)c1cc([N+](=O)[O-])cc([N+](=O)[O-])c1. The average Bonchev–Trinajstić information content (AvgIpc) is 2.94. The number of hydrogen-bond donors (Lipinski definition) is 1. The summed E-state index contributed by atoms with van der Waals surface area (Å²) in [6.07, 6.45) is 2.00. The lowest BCUT2D eigenvalue weighted by Gasteiger charge is -2.16. The standard InChI is InChI=1S/C12H12N6O5/c13-16-15-11-3-1-2-10(11)14-12(19)7-4-8(17(20)21)6-9(5-7)18(22)23/h4-6,10-11H,1-3H2,(H,14,19)/t10?,11-/m0/s1. The van der Waals surface area contributed by atoms with Gasteiger partial charge in [0, 0.05) is 23.1 Å². The highest BCUT2D eigenvalue weighted by molar-refractivity contribution is 5.95. The maximum Gasteiger partial charge on any atom is 0.277 e. The molecule has 1 unspecified atom stereocenters. The number of carbonyl (C=O) groups is 1. The zero-order valence-electron chi connectivity index (χ0n) is 11.8. The lowest BCUT2D eigenvalue weighted by Crippen LogP contribution is -2.39. The van der Waals surface area contributed by atoms with E-state index in [0.29, 0.717) is 12.8 Å². The van der Waals surface area contributed by atoms with Crippen molar-refractivity contribution in [2.24, 2.45) is 5.11 Å². The lowest BCUT2D eigenvalue weighted by atomic mass is 10.1. The van der Waals surface area contributed by atoms with Gasteiger partial charge in [0.25, 0.3) is 17.3 Å². The summed E-state index contributed by atoms with van der Waals surface area (Å²) in [4.78, 5) is 35.0. The first kappa shape index (κ1) is 16.2. The maximum absolute atomic E-state index is 12.2. The summed E-state index contributed by atoms with van der Waals surface area (Å²) in [5.41, 5.74) is 7.22. The average molecular weight is 320 g/mol. The van der Waals surface area contributed by atoms with Crippen molar-refractivity contribution in [2.45, 2.75) is 31.3 Å². The van der Waals surface area contributed by atoms with E-state index in [1.165, 1.54) is 0 Å². The molecule has 1 aromatic carbocycles. The fourth-order valence-corrected chi connectivity index (χ4v) is 2.50. The largest absolute Gasteiger partial charge is 0.349 e. The van der Waals surface area contributed by atoms with Crippen LogP contribution in [0.15, 0.2) is 23.3 Å². The fraction of sp³-hybridized carbons (Fsp3) is 0.417. The number of nitro groups is 2. The first-order chi connectivity index (χ1) is 10.9. The van der Waals surface area contributed by atoms with E-state index in [4.69, 9.17) is 5.53 Å². The molecule has 120 valence electrons. The number of rotatable bonds is 5. The van der Waals surface area contributed by atoms with E-state index in [0.717, 1.165) is 24.6 Å². The Balaban J connectivity index is 2.26. The number of amides is 1. The Hall–Kier alpha value is -3.20. The van der Waals surface area contributed by atoms with E-state index < -0.39 is 39.2 Å².